The fourth-order valence-electron chi connectivity index (χ4n) is 2.75. The molecule has 1 aliphatic heterocycles. The number of hydrogen-bond acceptors (Lipinski definition) is 3. The van der Waals surface area contributed by atoms with Crippen molar-refractivity contribution in [3.8, 4) is 0 Å². The lowest BCUT2D eigenvalue weighted by Gasteiger charge is -2.36. The van der Waals surface area contributed by atoms with Crippen LogP contribution in [0.3, 0.4) is 0 Å². The first-order chi connectivity index (χ1) is 9.30. The van der Waals surface area contributed by atoms with Gasteiger partial charge in [-0.3, -0.25) is 9.48 Å². The van der Waals surface area contributed by atoms with Crippen LogP contribution in [0.25, 0.3) is 0 Å². The van der Waals surface area contributed by atoms with Crippen LogP contribution in [0.15, 0.2) is 12.3 Å². The second-order valence-corrected chi connectivity index (χ2v) is 6.82. The number of nitrogens with two attached hydrogens (primary N) is 1. The molecular formula is C15H28Cl2N4O. The van der Waals surface area contributed by atoms with E-state index < -0.39 is 6.04 Å². The molecule has 1 amide bonds. The monoisotopic (exact) mass is 350 g/mol. The summed E-state index contributed by atoms with van der Waals surface area (Å²) in [5, 5.41) is 4.22. The summed E-state index contributed by atoms with van der Waals surface area (Å²) in [5.41, 5.74) is 7.15. The average molecular weight is 351 g/mol. The number of carbonyl (C=O) groups excluding carboxylic acids is 1. The SMILES string of the molecule is Cl.Cl.Cn1nccc1C1CCN(C(=O)[C@@H](N)C(C)(C)C)CC1. The minimum Gasteiger partial charge on any atom is -0.341 e. The van der Waals surface area contributed by atoms with Gasteiger partial charge in [0.2, 0.25) is 5.91 Å². The Morgan fingerprint density at radius 1 is 1.32 bits per heavy atom. The van der Waals surface area contributed by atoms with Crippen LogP contribution in [0, 0.1) is 5.41 Å². The third-order valence-corrected chi connectivity index (χ3v) is 4.28. The number of nitrogens with zero attached hydrogens (tertiary/aromatic N) is 3. The van der Waals surface area contributed by atoms with Gasteiger partial charge in [0.05, 0.1) is 6.04 Å². The predicted octanol–water partition coefficient (Wildman–Crippen LogP) is 2.34. The molecule has 0 aliphatic carbocycles. The summed E-state index contributed by atoms with van der Waals surface area (Å²) >= 11 is 0. The zero-order chi connectivity index (χ0) is 14.9. The predicted molar refractivity (Wildman–Crippen MR) is 93.7 cm³/mol. The normalized spacial score (nSPS) is 17.4. The molecule has 0 saturated carbocycles. The number of amides is 1. The van der Waals surface area contributed by atoms with Crippen LogP contribution in [-0.2, 0) is 11.8 Å². The van der Waals surface area contributed by atoms with E-state index in [1.165, 1.54) is 5.69 Å². The summed E-state index contributed by atoms with van der Waals surface area (Å²) in [5.74, 6) is 0.582. The van der Waals surface area contributed by atoms with Crippen LogP contribution in [0.4, 0.5) is 0 Å². The molecule has 1 aromatic rings. The Hall–Kier alpha value is -0.780. The first-order valence-corrected chi connectivity index (χ1v) is 7.33. The standard InChI is InChI=1S/C15H26N4O.2ClH/c1-15(2,3)13(16)14(20)19-9-6-11(7-10-19)12-5-8-17-18(12)4;;/h5,8,11,13H,6-7,9-10,16H2,1-4H3;2*1H/t13-;;/m1../s1. The highest BCUT2D eigenvalue weighted by Gasteiger charge is 2.33. The molecule has 1 atom stereocenters. The quantitative estimate of drug-likeness (QED) is 0.890. The van der Waals surface area contributed by atoms with Gasteiger partial charge in [0.25, 0.3) is 0 Å². The van der Waals surface area contributed by atoms with Crippen molar-refractivity contribution in [1.82, 2.24) is 14.7 Å². The molecule has 2 rings (SSSR count). The van der Waals surface area contributed by atoms with E-state index in [1.807, 2.05) is 43.6 Å². The van der Waals surface area contributed by atoms with Gasteiger partial charge in [-0.25, -0.2) is 0 Å². The molecule has 5 nitrogen and oxygen atoms in total. The van der Waals surface area contributed by atoms with E-state index in [1.54, 1.807) is 0 Å². The molecule has 0 aromatic carbocycles. The van der Waals surface area contributed by atoms with E-state index in [4.69, 9.17) is 5.73 Å². The largest absolute Gasteiger partial charge is 0.341 e. The summed E-state index contributed by atoms with van der Waals surface area (Å²) in [7, 11) is 1.97. The van der Waals surface area contributed by atoms with Crippen LogP contribution in [0.1, 0.15) is 45.2 Å². The fourth-order valence-corrected chi connectivity index (χ4v) is 2.75. The van der Waals surface area contributed by atoms with E-state index >= 15 is 0 Å². The zero-order valence-corrected chi connectivity index (χ0v) is 15.4. The summed E-state index contributed by atoms with van der Waals surface area (Å²) in [6, 6.07) is 1.65. The van der Waals surface area contributed by atoms with Gasteiger partial charge >= 0.3 is 0 Å². The Kier molecular flexibility index (Phi) is 7.89. The Bertz CT molecular complexity index is 476. The van der Waals surface area contributed by atoms with Crippen LogP contribution >= 0.6 is 24.8 Å². The van der Waals surface area contributed by atoms with E-state index in [0.29, 0.717) is 5.92 Å². The highest BCUT2D eigenvalue weighted by atomic mass is 35.5. The number of piperidine rings is 1. The minimum absolute atomic E-state index is 0. The summed E-state index contributed by atoms with van der Waals surface area (Å²) in [4.78, 5) is 14.3. The average Bonchev–Trinajstić information content (AvgIpc) is 2.82. The number of rotatable bonds is 2. The molecular weight excluding hydrogens is 323 g/mol. The van der Waals surface area contributed by atoms with Crippen molar-refractivity contribution in [2.75, 3.05) is 13.1 Å². The van der Waals surface area contributed by atoms with Gasteiger partial charge in [-0.05, 0) is 24.3 Å². The summed E-state index contributed by atoms with van der Waals surface area (Å²) < 4.78 is 1.93. The highest BCUT2D eigenvalue weighted by molar-refractivity contribution is 5.85. The molecule has 7 heteroatoms. The maximum absolute atomic E-state index is 12.4. The topological polar surface area (TPSA) is 64.2 Å². The molecule has 0 unspecified atom stereocenters. The molecule has 2 N–H and O–H groups in total. The van der Waals surface area contributed by atoms with Crippen LogP contribution in [0.5, 0.6) is 0 Å². The molecule has 2 heterocycles. The second-order valence-electron chi connectivity index (χ2n) is 6.82. The number of halogens is 2. The number of likely N-dealkylation sites (tertiary alicyclic amines) is 1. The van der Waals surface area contributed by atoms with Gasteiger partial charge in [-0.2, -0.15) is 5.10 Å². The van der Waals surface area contributed by atoms with E-state index in [-0.39, 0.29) is 36.1 Å². The van der Waals surface area contributed by atoms with Crippen LogP contribution in [-0.4, -0.2) is 39.7 Å². The van der Waals surface area contributed by atoms with Crippen LogP contribution < -0.4 is 5.73 Å². The molecule has 128 valence electrons. The van der Waals surface area contributed by atoms with Crippen molar-refractivity contribution in [3.05, 3.63) is 18.0 Å². The van der Waals surface area contributed by atoms with Crippen molar-refractivity contribution in [2.24, 2.45) is 18.2 Å². The summed E-state index contributed by atoms with van der Waals surface area (Å²) in [6.07, 6.45) is 3.81. The summed E-state index contributed by atoms with van der Waals surface area (Å²) in [6.45, 7) is 7.62. The number of hydrogen-bond donors (Lipinski definition) is 1. The number of carbonyl (C=O) groups is 1. The third-order valence-electron chi connectivity index (χ3n) is 4.28. The van der Waals surface area contributed by atoms with E-state index in [0.717, 1.165) is 25.9 Å². The second kappa shape index (κ2) is 8.18. The Morgan fingerprint density at radius 3 is 2.27 bits per heavy atom. The van der Waals surface area contributed by atoms with Crippen molar-refractivity contribution < 1.29 is 4.79 Å². The number of aryl methyl sites for hydroxylation is 1. The lowest BCUT2D eigenvalue weighted by Crippen LogP contribution is -2.52. The molecule has 1 fully saturated rings. The molecule has 1 aromatic heterocycles. The van der Waals surface area contributed by atoms with Gasteiger partial charge in [0.1, 0.15) is 0 Å². The Morgan fingerprint density at radius 2 is 1.86 bits per heavy atom. The Balaban J connectivity index is 0.00000220. The van der Waals surface area contributed by atoms with Crippen molar-refractivity contribution >= 4 is 30.7 Å². The van der Waals surface area contributed by atoms with E-state index in [2.05, 4.69) is 11.2 Å². The highest BCUT2D eigenvalue weighted by Crippen LogP contribution is 2.28. The van der Waals surface area contributed by atoms with Crippen molar-refractivity contribution in [3.63, 3.8) is 0 Å². The maximum Gasteiger partial charge on any atom is 0.240 e. The first kappa shape index (κ1) is 21.2. The Labute approximate surface area is 145 Å². The molecule has 0 radical (unpaired) electrons. The maximum atomic E-state index is 12.4. The van der Waals surface area contributed by atoms with Crippen LogP contribution in [0.2, 0.25) is 0 Å². The third kappa shape index (κ3) is 4.61. The van der Waals surface area contributed by atoms with Crippen molar-refractivity contribution in [1.29, 1.82) is 0 Å². The van der Waals surface area contributed by atoms with Gasteiger partial charge in [-0.15, -0.1) is 24.8 Å². The lowest BCUT2D eigenvalue weighted by molar-refractivity contribution is -0.136. The van der Waals surface area contributed by atoms with Gasteiger partial charge in [0.15, 0.2) is 0 Å². The molecule has 0 bridgehead atoms. The lowest BCUT2D eigenvalue weighted by atomic mass is 9.85. The van der Waals surface area contributed by atoms with E-state index in [9.17, 15) is 4.79 Å². The zero-order valence-electron chi connectivity index (χ0n) is 13.8. The van der Waals surface area contributed by atoms with Gasteiger partial charge in [0, 0.05) is 37.9 Å². The minimum atomic E-state index is -0.421. The van der Waals surface area contributed by atoms with Crippen molar-refractivity contribution in [2.45, 2.75) is 45.6 Å². The van der Waals surface area contributed by atoms with Gasteiger partial charge in [-0.1, -0.05) is 20.8 Å². The first-order valence-electron chi connectivity index (χ1n) is 7.33. The number of aromatic nitrogens is 2. The molecule has 1 aliphatic rings. The molecule has 0 spiro atoms. The fraction of sp³-hybridized carbons (Fsp3) is 0.733. The molecule has 1 saturated heterocycles. The smallest absolute Gasteiger partial charge is 0.240 e. The molecule has 22 heavy (non-hydrogen) atoms. The van der Waals surface area contributed by atoms with Gasteiger partial charge < -0.3 is 10.6 Å².